The molecule has 0 fully saturated rings. The van der Waals surface area contributed by atoms with Gasteiger partial charge in [-0.05, 0) is 47.9 Å². The smallest absolute Gasteiger partial charge is 0.213 e. The predicted octanol–water partition coefficient (Wildman–Crippen LogP) is 9.78. The molecule has 2 aromatic heterocycles. The van der Waals surface area contributed by atoms with Gasteiger partial charge in [-0.2, -0.15) is 9.13 Å². The van der Waals surface area contributed by atoms with Gasteiger partial charge in [0.15, 0.2) is 12.4 Å². The number of nitrogen functional groups attached to an aromatic ring is 2. The molecular weight excluding hydrogens is 573 g/mol. The summed E-state index contributed by atoms with van der Waals surface area (Å²) in [4.78, 5) is 0. The Balaban J connectivity index is 0.899. The molecule has 0 aliphatic heterocycles. The van der Waals surface area contributed by atoms with Crippen molar-refractivity contribution < 1.29 is 9.13 Å². The van der Waals surface area contributed by atoms with Gasteiger partial charge in [-0.1, -0.05) is 92.1 Å². The van der Waals surface area contributed by atoms with E-state index in [2.05, 4.69) is 131 Å². The van der Waals surface area contributed by atoms with Crippen molar-refractivity contribution in [1.29, 1.82) is 0 Å². The number of unbranched alkanes of at least 4 members (excludes halogenated alkanes) is 6. The maximum absolute atomic E-state index is 6.49. The number of hydrogen-bond donors (Lipinski definition) is 2. The number of aromatic nitrogens is 2. The number of para-hydroxylation sites is 2. The second-order valence-electron chi connectivity index (χ2n) is 13.1. The van der Waals surface area contributed by atoms with Gasteiger partial charge in [0.1, 0.15) is 13.1 Å². The van der Waals surface area contributed by atoms with Gasteiger partial charge in [0.2, 0.25) is 11.0 Å². The summed E-state index contributed by atoms with van der Waals surface area (Å²) in [7, 11) is 0. The van der Waals surface area contributed by atoms with Crippen molar-refractivity contribution in [2.45, 2.75) is 58.0 Å². The lowest BCUT2D eigenvalue weighted by molar-refractivity contribution is -0.670. The minimum Gasteiger partial charge on any atom is -0.398 e. The number of rotatable bonds is 10. The zero-order valence-corrected chi connectivity index (χ0v) is 27.0. The first-order valence-electron chi connectivity index (χ1n) is 17.2. The highest BCUT2D eigenvalue weighted by Crippen LogP contribution is 2.34. The lowest BCUT2D eigenvalue weighted by atomic mass is 9.98. The molecule has 232 valence electrons. The molecule has 0 bridgehead atoms. The topological polar surface area (TPSA) is 59.8 Å². The number of nitrogens with zero attached hydrogens (tertiary/aromatic N) is 2. The van der Waals surface area contributed by atoms with Crippen LogP contribution in [0.2, 0.25) is 0 Å². The van der Waals surface area contributed by atoms with Crippen LogP contribution in [0.15, 0.2) is 122 Å². The highest BCUT2D eigenvalue weighted by Gasteiger charge is 2.18. The molecule has 0 unspecified atom stereocenters. The zero-order valence-electron chi connectivity index (χ0n) is 27.0. The second-order valence-corrected chi connectivity index (χ2v) is 13.1. The SMILES string of the molecule is Nc1cc2c(c[n+](CCCCCCCCC[n+]3cc4c5ccccc5c(N)cc4c4ccccc43)c3ccccc23)c2ccccc12. The van der Waals surface area contributed by atoms with E-state index < -0.39 is 0 Å². The van der Waals surface area contributed by atoms with Crippen molar-refractivity contribution >= 4 is 76.3 Å². The minimum atomic E-state index is 0.847. The molecule has 4 N–H and O–H groups in total. The zero-order chi connectivity index (χ0) is 31.7. The standard InChI is InChI=1S/C43H40N4/c44-40-26-36-34-20-10-12-22-42(34)46(28-38(36)30-16-6-8-18-32(30)40)24-14-4-2-1-3-5-15-25-47-29-39-31-17-7-9-19-33(31)41(45)27-37(39)35-21-11-13-23-43(35)47/h6-13,16-23,26-29,44-45H,1-5,14-15,24-25H2/p+2. The van der Waals surface area contributed by atoms with E-state index in [9.17, 15) is 0 Å². The molecule has 0 atom stereocenters. The van der Waals surface area contributed by atoms with Crippen LogP contribution >= 0.6 is 0 Å². The molecule has 4 nitrogen and oxygen atoms in total. The van der Waals surface area contributed by atoms with Crippen molar-refractivity contribution in [3.8, 4) is 0 Å². The van der Waals surface area contributed by atoms with Gasteiger partial charge < -0.3 is 11.5 Å². The van der Waals surface area contributed by atoms with E-state index in [0.29, 0.717) is 0 Å². The molecule has 6 aromatic carbocycles. The number of benzene rings is 6. The van der Waals surface area contributed by atoms with Gasteiger partial charge >= 0.3 is 0 Å². The fourth-order valence-corrected chi connectivity index (χ4v) is 7.75. The predicted molar refractivity (Wildman–Crippen MR) is 199 cm³/mol. The number of fused-ring (bicyclic) bond motifs is 10. The van der Waals surface area contributed by atoms with Gasteiger partial charge in [-0.3, -0.25) is 0 Å². The summed E-state index contributed by atoms with van der Waals surface area (Å²) in [5.41, 5.74) is 17.2. The highest BCUT2D eigenvalue weighted by atomic mass is 14.9. The Hall–Kier alpha value is -5.22. The van der Waals surface area contributed by atoms with Crippen LogP contribution in [0, 0.1) is 0 Å². The maximum atomic E-state index is 6.49. The molecule has 0 amide bonds. The first-order chi connectivity index (χ1) is 23.2. The van der Waals surface area contributed by atoms with Gasteiger partial charge in [0.05, 0.1) is 21.5 Å². The second kappa shape index (κ2) is 12.5. The van der Waals surface area contributed by atoms with Crippen LogP contribution in [0.25, 0.3) is 64.9 Å². The van der Waals surface area contributed by atoms with E-state index in [1.807, 2.05) is 0 Å². The summed E-state index contributed by atoms with van der Waals surface area (Å²) in [5, 5.41) is 12.3. The molecule has 0 spiro atoms. The number of aryl methyl sites for hydroxylation is 2. The van der Waals surface area contributed by atoms with Gasteiger partial charge in [0.25, 0.3) is 0 Å². The summed E-state index contributed by atoms with van der Waals surface area (Å²) in [5.74, 6) is 0. The van der Waals surface area contributed by atoms with Crippen molar-refractivity contribution in [2.75, 3.05) is 11.5 Å². The Kier molecular flexibility index (Phi) is 7.78. The Morgan fingerprint density at radius 3 is 1.11 bits per heavy atom. The molecule has 8 aromatic rings. The lowest BCUT2D eigenvalue weighted by Gasteiger charge is -2.10. The normalized spacial score (nSPS) is 11.9. The molecule has 0 saturated carbocycles. The third-order valence-electron chi connectivity index (χ3n) is 10.1. The Morgan fingerprint density at radius 1 is 0.340 bits per heavy atom. The Morgan fingerprint density at radius 2 is 0.681 bits per heavy atom. The van der Waals surface area contributed by atoms with Gasteiger partial charge in [-0.15, -0.1) is 0 Å². The van der Waals surface area contributed by atoms with Crippen molar-refractivity contribution in [1.82, 2.24) is 0 Å². The summed E-state index contributed by atoms with van der Waals surface area (Å²) >= 11 is 0. The number of anilines is 2. The van der Waals surface area contributed by atoms with Crippen molar-refractivity contribution in [2.24, 2.45) is 0 Å². The molecule has 0 radical (unpaired) electrons. The number of pyridine rings is 2. The molecule has 8 rings (SSSR count). The average Bonchev–Trinajstić information content (AvgIpc) is 3.12. The molecular formula is C43H42N4+2. The van der Waals surface area contributed by atoms with Gasteiger partial charge in [0, 0.05) is 57.9 Å². The van der Waals surface area contributed by atoms with Crippen LogP contribution < -0.4 is 20.6 Å². The van der Waals surface area contributed by atoms with Crippen LogP contribution in [0.5, 0.6) is 0 Å². The third kappa shape index (κ3) is 5.38. The molecule has 47 heavy (non-hydrogen) atoms. The molecule has 2 heterocycles. The molecule has 4 heteroatoms. The van der Waals surface area contributed by atoms with E-state index in [0.717, 1.165) is 35.2 Å². The third-order valence-corrected chi connectivity index (χ3v) is 10.1. The monoisotopic (exact) mass is 614 g/mol. The summed E-state index contributed by atoms with van der Waals surface area (Å²) < 4.78 is 4.92. The highest BCUT2D eigenvalue weighted by molar-refractivity contribution is 6.19. The van der Waals surface area contributed by atoms with E-state index in [1.165, 1.54) is 99.1 Å². The summed E-state index contributed by atoms with van der Waals surface area (Å²) in [6.45, 7) is 2.06. The first-order valence-corrected chi connectivity index (χ1v) is 17.2. The minimum absolute atomic E-state index is 0.847. The summed E-state index contributed by atoms with van der Waals surface area (Å²) in [6, 6.07) is 38.9. The van der Waals surface area contributed by atoms with E-state index >= 15 is 0 Å². The fourth-order valence-electron chi connectivity index (χ4n) is 7.75. The van der Waals surface area contributed by atoms with Crippen LogP contribution in [0.3, 0.4) is 0 Å². The molecule has 0 aliphatic rings. The number of hydrogen-bond acceptors (Lipinski definition) is 2. The maximum Gasteiger partial charge on any atom is 0.213 e. The quantitative estimate of drug-likeness (QED) is 0.0697. The fraction of sp³-hybridized carbons (Fsp3) is 0.209. The van der Waals surface area contributed by atoms with E-state index in [-0.39, 0.29) is 0 Å². The van der Waals surface area contributed by atoms with Crippen molar-refractivity contribution in [3.63, 3.8) is 0 Å². The Labute approximate surface area is 275 Å². The largest absolute Gasteiger partial charge is 0.398 e. The van der Waals surface area contributed by atoms with Crippen LogP contribution in [-0.2, 0) is 13.1 Å². The molecule has 0 aliphatic carbocycles. The average molecular weight is 615 g/mol. The summed E-state index contributed by atoms with van der Waals surface area (Å²) in [6.07, 6.45) is 13.4. The van der Waals surface area contributed by atoms with Crippen LogP contribution in [-0.4, -0.2) is 0 Å². The van der Waals surface area contributed by atoms with Gasteiger partial charge in [-0.25, -0.2) is 0 Å². The van der Waals surface area contributed by atoms with E-state index in [4.69, 9.17) is 11.5 Å². The first kappa shape index (κ1) is 29.2. The van der Waals surface area contributed by atoms with Crippen LogP contribution in [0.1, 0.15) is 44.9 Å². The van der Waals surface area contributed by atoms with E-state index in [1.54, 1.807) is 0 Å². The van der Waals surface area contributed by atoms with Crippen molar-refractivity contribution in [3.05, 3.63) is 122 Å². The Bertz CT molecular complexity index is 2260. The number of nitrogens with two attached hydrogens (primary N) is 2. The molecule has 0 saturated heterocycles. The van der Waals surface area contributed by atoms with Crippen LogP contribution in [0.4, 0.5) is 11.4 Å². The lowest BCUT2D eigenvalue weighted by Crippen LogP contribution is -2.34.